The molecule has 1 saturated carbocycles. The van der Waals surface area contributed by atoms with Crippen LogP contribution in [0.1, 0.15) is 77.1 Å². The van der Waals surface area contributed by atoms with E-state index in [1.54, 1.807) is 0 Å². The summed E-state index contributed by atoms with van der Waals surface area (Å²) in [6, 6.07) is 8.57. The number of hydrogen-bond donors (Lipinski definition) is 1. The maximum Gasteiger partial charge on any atom is 0.328 e. The Bertz CT molecular complexity index is 1320. The quantitative estimate of drug-likeness (QED) is 0.406. The number of unbranched alkanes of at least 4 members (excludes halogenated alkanes) is 1. The van der Waals surface area contributed by atoms with Crippen LogP contribution in [0.15, 0.2) is 52.5 Å². The van der Waals surface area contributed by atoms with Crippen LogP contribution in [0.3, 0.4) is 0 Å². The molecule has 4 atom stereocenters. The van der Waals surface area contributed by atoms with Crippen LogP contribution >= 0.6 is 0 Å². The van der Waals surface area contributed by atoms with Crippen LogP contribution < -0.4 is 5.69 Å². The monoisotopic (exact) mass is 501 g/mol. The molecule has 37 heavy (non-hydrogen) atoms. The van der Waals surface area contributed by atoms with Crippen molar-refractivity contribution in [3.05, 3.63) is 64.5 Å². The number of aromatic amines is 1. The number of hydrogen-bond acceptors (Lipinski definition) is 5. The van der Waals surface area contributed by atoms with Crippen molar-refractivity contribution >= 4 is 6.21 Å². The van der Waals surface area contributed by atoms with Crippen molar-refractivity contribution in [3.63, 3.8) is 0 Å². The average Bonchev–Trinajstić information content (AvgIpc) is 3.53. The van der Waals surface area contributed by atoms with Gasteiger partial charge < -0.3 is 0 Å². The molecule has 196 valence electrons. The molecule has 1 fully saturated rings. The summed E-state index contributed by atoms with van der Waals surface area (Å²) in [5.41, 5.74) is 2.90. The Balaban J connectivity index is 1.57. The molecule has 8 heteroatoms. The second kappa shape index (κ2) is 10.6. The molecule has 0 spiro atoms. The number of imidazole rings is 1. The zero-order valence-corrected chi connectivity index (χ0v) is 22.5. The minimum atomic E-state index is -0.389. The van der Waals surface area contributed by atoms with Gasteiger partial charge >= 0.3 is 5.69 Å². The van der Waals surface area contributed by atoms with Crippen LogP contribution in [0.4, 0.5) is 0 Å². The fourth-order valence-corrected chi connectivity index (χ4v) is 6.27. The number of aliphatic imine (C=N–C) groups is 1. The number of nitrogens with one attached hydrogen (secondary N) is 1. The van der Waals surface area contributed by atoms with Gasteiger partial charge in [0.15, 0.2) is 0 Å². The lowest BCUT2D eigenvalue weighted by Gasteiger charge is -2.47. The van der Waals surface area contributed by atoms with E-state index in [-0.39, 0.29) is 11.1 Å². The molecule has 5 rings (SSSR count). The summed E-state index contributed by atoms with van der Waals surface area (Å²) in [6.07, 6.45) is 14.3. The van der Waals surface area contributed by atoms with Gasteiger partial charge in [-0.3, -0.25) is 14.1 Å². The van der Waals surface area contributed by atoms with Crippen LogP contribution in [0, 0.1) is 17.8 Å². The highest BCUT2D eigenvalue weighted by atomic mass is 16.1. The number of H-pyrrole nitrogens is 1. The molecule has 4 unspecified atom stereocenters. The zero-order chi connectivity index (χ0) is 26.0. The molecule has 0 radical (unpaired) electrons. The second-order valence-corrected chi connectivity index (χ2v) is 11.1. The third-order valence-electron chi connectivity index (χ3n) is 8.59. The van der Waals surface area contributed by atoms with E-state index in [0.717, 1.165) is 48.9 Å². The number of nitrogens with zero attached hydrogens (tertiary/aromatic N) is 6. The van der Waals surface area contributed by atoms with Crippen molar-refractivity contribution in [1.82, 2.24) is 29.8 Å². The summed E-state index contributed by atoms with van der Waals surface area (Å²) >= 11 is 0. The second-order valence-electron chi connectivity index (χ2n) is 11.1. The average molecular weight is 502 g/mol. The predicted octanol–water partition coefficient (Wildman–Crippen LogP) is 5.34. The Morgan fingerprint density at radius 2 is 2.11 bits per heavy atom. The van der Waals surface area contributed by atoms with Crippen molar-refractivity contribution in [2.24, 2.45) is 22.7 Å². The normalized spacial score (nSPS) is 25.1. The van der Waals surface area contributed by atoms with Crippen molar-refractivity contribution in [2.45, 2.75) is 84.2 Å². The van der Waals surface area contributed by atoms with Gasteiger partial charge in [0, 0.05) is 47.9 Å². The third kappa shape index (κ3) is 4.74. The summed E-state index contributed by atoms with van der Waals surface area (Å²) in [6.45, 7) is 9.62. The highest BCUT2D eigenvalue weighted by Crippen LogP contribution is 2.49. The third-order valence-corrected chi connectivity index (χ3v) is 8.59. The minimum Gasteiger partial charge on any atom is -0.295 e. The van der Waals surface area contributed by atoms with E-state index in [4.69, 9.17) is 0 Å². The van der Waals surface area contributed by atoms with Gasteiger partial charge in [-0.15, -0.1) is 10.2 Å². The number of aryl methyl sites for hydroxylation is 1. The van der Waals surface area contributed by atoms with Gasteiger partial charge in [-0.1, -0.05) is 64.8 Å². The Morgan fingerprint density at radius 1 is 1.24 bits per heavy atom. The molecule has 0 saturated heterocycles. The van der Waals surface area contributed by atoms with E-state index < -0.39 is 0 Å². The molecule has 1 aliphatic heterocycles. The van der Waals surface area contributed by atoms with Crippen molar-refractivity contribution < 1.29 is 0 Å². The Kier molecular flexibility index (Phi) is 7.26. The van der Waals surface area contributed by atoms with Crippen LogP contribution in [0.25, 0.3) is 11.4 Å². The van der Waals surface area contributed by atoms with Crippen LogP contribution in [-0.4, -0.2) is 36.0 Å². The highest BCUT2D eigenvalue weighted by molar-refractivity contribution is 5.65. The summed E-state index contributed by atoms with van der Waals surface area (Å²) in [5.74, 6) is 2.26. The van der Waals surface area contributed by atoms with E-state index in [2.05, 4.69) is 86.9 Å². The van der Waals surface area contributed by atoms with Gasteiger partial charge in [-0.2, -0.15) is 5.21 Å². The standard InChI is InChI=1S/C29H39N7O/c1-5-7-11-24-18-35(26-21(6-2)17-25(26)20(3)4)28(37)36(24)19-29(12-14-30-15-13-29)23-10-8-9-22(16-23)27-31-33-34-32-27/h8-10,12,14-16,18,20-21,25-26H,5-7,11,13,17,19H2,1-4H3,(H,31,32,33,34). The SMILES string of the molecule is CCCCc1cn(C2C(CC)CC2C(C)C)c(=O)n1CC1(c2cccc(-c3nn[nH]n3)c2)C=CN=CC1. The first-order valence-electron chi connectivity index (χ1n) is 13.8. The number of benzene rings is 1. The molecule has 1 N–H and O–H groups in total. The summed E-state index contributed by atoms with van der Waals surface area (Å²) in [7, 11) is 0. The molecule has 0 bridgehead atoms. The Hall–Kier alpha value is -3.29. The first-order chi connectivity index (χ1) is 18.0. The molecular weight excluding hydrogens is 462 g/mol. The summed E-state index contributed by atoms with van der Waals surface area (Å²) in [4.78, 5) is 18.5. The zero-order valence-electron chi connectivity index (χ0n) is 22.5. The fraction of sp³-hybridized carbons (Fsp3) is 0.552. The summed E-state index contributed by atoms with van der Waals surface area (Å²) < 4.78 is 4.15. The molecule has 1 aliphatic carbocycles. The van der Waals surface area contributed by atoms with E-state index in [0.29, 0.717) is 36.2 Å². The minimum absolute atomic E-state index is 0.129. The van der Waals surface area contributed by atoms with Gasteiger partial charge in [-0.25, -0.2) is 4.79 Å². The van der Waals surface area contributed by atoms with E-state index in [9.17, 15) is 4.79 Å². The maximum absolute atomic E-state index is 14.2. The van der Waals surface area contributed by atoms with Gasteiger partial charge in [0.1, 0.15) is 0 Å². The van der Waals surface area contributed by atoms with E-state index in [1.165, 1.54) is 6.42 Å². The number of aromatic nitrogens is 6. The molecule has 0 amide bonds. The maximum atomic E-state index is 14.2. The molecule has 3 heterocycles. The van der Waals surface area contributed by atoms with E-state index in [1.807, 2.05) is 24.5 Å². The highest BCUT2D eigenvalue weighted by Gasteiger charge is 2.44. The number of allylic oxidation sites excluding steroid dienone is 1. The molecular formula is C29H39N7O. The lowest BCUT2D eigenvalue weighted by atomic mass is 9.64. The molecule has 1 aromatic carbocycles. The first kappa shape index (κ1) is 25.4. The Labute approximate surface area is 218 Å². The van der Waals surface area contributed by atoms with Crippen molar-refractivity contribution in [3.8, 4) is 11.4 Å². The molecule has 8 nitrogen and oxygen atoms in total. The van der Waals surface area contributed by atoms with Gasteiger partial charge in [-0.05, 0) is 60.3 Å². The summed E-state index contributed by atoms with van der Waals surface area (Å²) in [5, 5.41) is 14.6. The largest absolute Gasteiger partial charge is 0.328 e. The Morgan fingerprint density at radius 3 is 2.78 bits per heavy atom. The van der Waals surface area contributed by atoms with Crippen LogP contribution in [-0.2, 0) is 18.4 Å². The van der Waals surface area contributed by atoms with Crippen molar-refractivity contribution in [2.75, 3.05) is 0 Å². The lowest BCUT2D eigenvalue weighted by Crippen LogP contribution is -2.45. The van der Waals surface area contributed by atoms with Gasteiger partial charge in [0.25, 0.3) is 0 Å². The lowest BCUT2D eigenvalue weighted by molar-refractivity contribution is 0.0390. The van der Waals surface area contributed by atoms with Gasteiger partial charge in [0.2, 0.25) is 5.82 Å². The molecule has 2 aromatic heterocycles. The fourth-order valence-electron chi connectivity index (χ4n) is 6.27. The first-order valence-corrected chi connectivity index (χ1v) is 13.8. The smallest absolute Gasteiger partial charge is 0.295 e. The molecule has 3 aromatic rings. The number of tetrazole rings is 1. The number of rotatable bonds is 10. The molecule has 2 aliphatic rings. The van der Waals surface area contributed by atoms with Crippen molar-refractivity contribution in [1.29, 1.82) is 0 Å². The van der Waals surface area contributed by atoms with Crippen LogP contribution in [0.2, 0.25) is 0 Å². The van der Waals surface area contributed by atoms with E-state index >= 15 is 0 Å². The van der Waals surface area contributed by atoms with Crippen LogP contribution in [0.5, 0.6) is 0 Å². The topological polar surface area (TPSA) is 93.8 Å². The predicted molar refractivity (Wildman–Crippen MR) is 147 cm³/mol. The van der Waals surface area contributed by atoms with Gasteiger partial charge in [0.05, 0.1) is 0 Å².